The summed E-state index contributed by atoms with van der Waals surface area (Å²) in [4.78, 5) is 9.19. The van der Waals surface area contributed by atoms with Crippen LogP contribution >= 0.6 is 0 Å². The van der Waals surface area contributed by atoms with Gasteiger partial charge in [0.1, 0.15) is 4.90 Å². The maximum Gasteiger partial charge on any atom is 0.240 e. The lowest BCUT2D eigenvalue weighted by atomic mass is 10.3. The average Bonchev–Trinajstić information content (AvgIpc) is 2.01. The first kappa shape index (κ1) is 13.4. The number of hydrogen-bond donors (Lipinski definition) is 3. The number of hydrogen-bond acceptors (Lipinski definition) is 4. The van der Waals surface area contributed by atoms with Crippen LogP contribution in [0.3, 0.4) is 0 Å². The van der Waals surface area contributed by atoms with Gasteiger partial charge in [-0.15, -0.1) is 0 Å². The van der Waals surface area contributed by atoms with Crippen molar-refractivity contribution in [1.82, 2.24) is 0 Å². The van der Waals surface area contributed by atoms with E-state index in [1.165, 1.54) is 19.1 Å². The summed E-state index contributed by atoms with van der Waals surface area (Å²) in [5.41, 5.74) is 10.00. The molecular weight excluding hydrogens is 218 g/mol. The van der Waals surface area contributed by atoms with Crippen molar-refractivity contribution in [3.8, 4) is 0 Å². The predicted octanol–water partition coefficient (Wildman–Crippen LogP) is -0.592. The Kier molecular flexibility index (Phi) is 4.75. The number of nitrogens with two attached hydrogens (primary N) is 3. The fourth-order valence-corrected chi connectivity index (χ4v) is 1.40. The van der Waals surface area contributed by atoms with Crippen molar-refractivity contribution in [2.24, 2.45) is 10.9 Å². The largest absolute Gasteiger partial charge is 0.398 e. The van der Waals surface area contributed by atoms with Crippen LogP contribution < -0.4 is 16.6 Å². The number of para-hydroxylation sites is 1. The molecule has 1 aromatic rings. The van der Waals surface area contributed by atoms with Crippen LogP contribution in [-0.2, 0) is 14.8 Å². The highest BCUT2D eigenvalue weighted by Crippen LogP contribution is 2.14. The van der Waals surface area contributed by atoms with E-state index in [0.717, 1.165) is 0 Å². The fraction of sp³-hybridized carbons (Fsp3) is 0.125. The van der Waals surface area contributed by atoms with E-state index in [1.807, 2.05) is 0 Å². The molecule has 1 aromatic carbocycles. The van der Waals surface area contributed by atoms with E-state index in [0.29, 0.717) is 0 Å². The SMILES string of the molecule is CC(N)=O.Nc1ccccc1S(N)(=O)=O. The predicted molar refractivity (Wildman–Crippen MR) is 57.1 cm³/mol. The average molecular weight is 231 g/mol. The zero-order valence-corrected chi connectivity index (χ0v) is 8.99. The van der Waals surface area contributed by atoms with Gasteiger partial charge in [-0.25, -0.2) is 13.6 Å². The van der Waals surface area contributed by atoms with Gasteiger partial charge in [0, 0.05) is 6.92 Å². The molecule has 0 spiro atoms. The summed E-state index contributed by atoms with van der Waals surface area (Å²) < 4.78 is 21.5. The highest BCUT2D eigenvalue weighted by molar-refractivity contribution is 7.89. The second-order valence-electron chi connectivity index (χ2n) is 2.69. The van der Waals surface area contributed by atoms with E-state index in [4.69, 9.17) is 10.9 Å². The molecule has 0 unspecified atom stereocenters. The van der Waals surface area contributed by atoms with Crippen LogP contribution in [0.5, 0.6) is 0 Å². The maximum atomic E-state index is 10.8. The second kappa shape index (κ2) is 5.32. The van der Waals surface area contributed by atoms with Gasteiger partial charge in [-0.1, -0.05) is 12.1 Å². The minimum Gasteiger partial charge on any atom is -0.398 e. The van der Waals surface area contributed by atoms with E-state index in [1.54, 1.807) is 12.1 Å². The molecular formula is C8H13N3O3S. The van der Waals surface area contributed by atoms with Crippen LogP contribution in [0, 0.1) is 0 Å². The van der Waals surface area contributed by atoms with Gasteiger partial charge in [0.25, 0.3) is 0 Å². The van der Waals surface area contributed by atoms with Gasteiger partial charge in [-0.05, 0) is 12.1 Å². The van der Waals surface area contributed by atoms with Crippen LogP contribution in [-0.4, -0.2) is 14.3 Å². The molecule has 0 fully saturated rings. The van der Waals surface area contributed by atoms with Crippen LogP contribution in [0.15, 0.2) is 29.2 Å². The number of primary amides is 1. The van der Waals surface area contributed by atoms with Gasteiger partial charge in [0.05, 0.1) is 5.69 Å². The Morgan fingerprint density at radius 3 is 1.93 bits per heavy atom. The summed E-state index contributed by atoms with van der Waals surface area (Å²) >= 11 is 0. The van der Waals surface area contributed by atoms with Gasteiger partial charge in [-0.2, -0.15) is 0 Å². The molecule has 15 heavy (non-hydrogen) atoms. The van der Waals surface area contributed by atoms with Crippen molar-refractivity contribution >= 4 is 21.6 Å². The molecule has 1 amide bonds. The molecule has 6 nitrogen and oxygen atoms in total. The third kappa shape index (κ3) is 5.66. The van der Waals surface area contributed by atoms with Crippen molar-refractivity contribution in [2.75, 3.05) is 5.73 Å². The Bertz CT molecular complexity index is 438. The third-order valence-corrected chi connectivity index (χ3v) is 2.21. The molecule has 0 saturated heterocycles. The Morgan fingerprint density at radius 2 is 1.67 bits per heavy atom. The highest BCUT2D eigenvalue weighted by atomic mass is 32.2. The molecule has 0 heterocycles. The summed E-state index contributed by atoms with van der Waals surface area (Å²) in [6.45, 7) is 1.31. The number of rotatable bonds is 1. The lowest BCUT2D eigenvalue weighted by molar-refractivity contribution is -0.115. The van der Waals surface area contributed by atoms with Gasteiger partial charge in [0.15, 0.2) is 0 Å². The van der Waals surface area contributed by atoms with E-state index >= 15 is 0 Å². The van der Waals surface area contributed by atoms with Crippen molar-refractivity contribution < 1.29 is 13.2 Å². The molecule has 0 aliphatic heterocycles. The van der Waals surface area contributed by atoms with Crippen LogP contribution in [0.2, 0.25) is 0 Å². The van der Waals surface area contributed by atoms with Crippen LogP contribution in [0.25, 0.3) is 0 Å². The number of nitrogen functional groups attached to an aromatic ring is 1. The number of carbonyl (C=O) groups excluding carboxylic acids is 1. The first-order chi connectivity index (χ1) is 6.75. The Hall–Kier alpha value is -1.60. The fourth-order valence-electron chi connectivity index (χ4n) is 0.740. The molecule has 0 aromatic heterocycles. The zero-order valence-electron chi connectivity index (χ0n) is 8.17. The molecule has 1 rings (SSSR count). The van der Waals surface area contributed by atoms with E-state index in [-0.39, 0.29) is 16.5 Å². The molecule has 0 saturated carbocycles. The Balaban J connectivity index is 0.000000423. The van der Waals surface area contributed by atoms with Gasteiger partial charge in [0.2, 0.25) is 15.9 Å². The van der Waals surface area contributed by atoms with Gasteiger partial charge in [-0.3, -0.25) is 4.79 Å². The van der Waals surface area contributed by atoms with E-state index in [9.17, 15) is 13.2 Å². The number of anilines is 1. The Morgan fingerprint density at radius 1 is 1.27 bits per heavy atom. The summed E-state index contributed by atoms with van der Waals surface area (Å²) in [5.74, 6) is -0.333. The molecule has 0 bridgehead atoms. The molecule has 0 aliphatic carbocycles. The monoisotopic (exact) mass is 231 g/mol. The number of carbonyl (C=O) groups is 1. The van der Waals surface area contributed by atoms with Crippen molar-refractivity contribution in [3.63, 3.8) is 0 Å². The number of amides is 1. The summed E-state index contributed by atoms with van der Waals surface area (Å²) in [7, 11) is -3.66. The maximum absolute atomic E-state index is 10.8. The Labute approximate surface area is 88.1 Å². The number of sulfonamides is 1. The van der Waals surface area contributed by atoms with Gasteiger partial charge >= 0.3 is 0 Å². The smallest absolute Gasteiger partial charge is 0.240 e. The molecule has 7 heteroatoms. The lowest BCUT2D eigenvalue weighted by Crippen LogP contribution is -2.13. The minimum absolute atomic E-state index is 0.0278. The highest BCUT2D eigenvalue weighted by Gasteiger charge is 2.09. The molecule has 0 atom stereocenters. The van der Waals surface area contributed by atoms with Crippen LogP contribution in [0.4, 0.5) is 5.69 Å². The topological polar surface area (TPSA) is 129 Å². The summed E-state index contributed by atoms with van der Waals surface area (Å²) in [6.07, 6.45) is 0. The third-order valence-electron chi connectivity index (χ3n) is 1.23. The summed E-state index contributed by atoms with van der Waals surface area (Å²) in [5, 5.41) is 4.85. The van der Waals surface area contributed by atoms with Crippen molar-refractivity contribution in [2.45, 2.75) is 11.8 Å². The van der Waals surface area contributed by atoms with Crippen LogP contribution in [0.1, 0.15) is 6.92 Å². The molecule has 84 valence electrons. The quantitative estimate of drug-likeness (QED) is 0.557. The standard InChI is InChI=1S/C6H8N2O2S.C2H5NO/c7-5-3-1-2-4-6(5)11(8,9)10;1-2(3)4/h1-4H,7H2,(H2,8,9,10);1H3,(H2,3,4). The van der Waals surface area contributed by atoms with E-state index < -0.39 is 10.0 Å². The zero-order chi connectivity index (χ0) is 12.1. The first-order valence-electron chi connectivity index (χ1n) is 3.88. The first-order valence-corrected chi connectivity index (χ1v) is 5.43. The number of benzene rings is 1. The molecule has 0 radical (unpaired) electrons. The normalized spacial score (nSPS) is 10.0. The molecule has 6 N–H and O–H groups in total. The summed E-state index contributed by atoms with van der Waals surface area (Å²) in [6, 6.07) is 6.06. The molecule has 0 aliphatic rings. The minimum atomic E-state index is -3.66. The second-order valence-corrected chi connectivity index (χ2v) is 4.22. The number of primary sulfonamides is 1. The van der Waals surface area contributed by atoms with Crippen molar-refractivity contribution in [3.05, 3.63) is 24.3 Å². The van der Waals surface area contributed by atoms with E-state index in [2.05, 4.69) is 5.73 Å². The lowest BCUT2D eigenvalue weighted by Gasteiger charge is -2.00. The van der Waals surface area contributed by atoms with Gasteiger partial charge < -0.3 is 11.5 Å². The van der Waals surface area contributed by atoms with Crippen molar-refractivity contribution in [1.29, 1.82) is 0 Å².